The highest BCUT2D eigenvalue weighted by molar-refractivity contribution is 5.89. The number of aryl methyl sites for hydroxylation is 1. The van der Waals surface area contributed by atoms with Crippen LogP contribution in [-0.2, 0) is 4.74 Å². The number of hydrogen-bond donors (Lipinski definition) is 1. The van der Waals surface area contributed by atoms with Gasteiger partial charge in [0.15, 0.2) is 0 Å². The zero-order chi connectivity index (χ0) is 21.2. The van der Waals surface area contributed by atoms with Gasteiger partial charge in [0.05, 0.1) is 23.6 Å². The number of nitro benzene ring substituents is 1. The Kier molecular flexibility index (Phi) is 4.34. The molecule has 0 amide bonds. The van der Waals surface area contributed by atoms with Gasteiger partial charge in [-0.3, -0.25) is 10.1 Å². The van der Waals surface area contributed by atoms with E-state index in [0.717, 1.165) is 11.1 Å². The average Bonchev–Trinajstić information content (AvgIpc) is 3.37. The van der Waals surface area contributed by atoms with Crippen LogP contribution < -0.4 is 5.32 Å². The Hall–Kier alpha value is -2.89. The fourth-order valence-electron chi connectivity index (χ4n) is 6.38. The maximum atomic E-state index is 11.9. The summed E-state index contributed by atoms with van der Waals surface area (Å²) in [6.07, 6.45) is 3.64. The number of fused-ring (bicyclic) bond motifs is 7. The van der Waals surface area contributed by atoms with Crippen molar-refractivity contribution in [2.75, 3.05) is 12.4 Å². The molecular formula is C24H26N2O4. The number of benzene rings is 2. The molecule has 0 saturated heterocycles. The molecule has 2 aromatic rings. The summed E-state index contributed by atoms with van der Waals surface area (Å²) in [4.78, 5) is 23.5. The highest BCUT2D eigenvalue weighted by Crippen LogP contribution is 2.65. The van der Waals surface area contributed by atoms with Crippen LogP contribution in [0.2, 0.25) is 0 Å². The SMILES string of the molecule is COC(=O)c1ccc([C@@H]2Nc3c([N+](=O)[O-])cc(C)c(C)c3[C@H]3[C@H]4CC[C@@H](C4)[C@@H]32)cc1. The van der Waals surface area contributed by atoms with Crippen molar-refractivity contribution in [2.45, 2.75) is 45.1 Å². The van der Waals surface area contributed by atoms with Gasteiger partial charge in [-0.1, -0.05) is 12.1 Å². The molecule has 2 aliphatic carbocycles. The first-order valence-electron chi connectivity index (χ1n) is 10.6. The number of carbonyl (C=O) groups is 1. The Bertz CT molecular complexity index is 1050. The van der Waals surface area contributed by atoms with Gasteiger partial charge in [0.1, 0.15) is 5.69 Å². The van der Waals surface area contributed by atoms with Crippen LogP contribution in [0.5, 0.6) is 0 Å². The van der Waals surface area contributed by atoms with E-state index in [2.05, 4.69) is 12.2 Å². The van der Waals surface area contributed by atoms with Gasteiger partial charge >= 0.3 is 5.97 Å². The van der Waals surface area contributed by atoms with Crippen molar-refractivity contribution in [1.82, 2.24) is 0 Å². The number of carbonyl (C=O) groups excluding carboxylic acids is 1. The van der Waals surface area contributed by atoms with E-state index >= 15 is 0 Å². The van der Waals surface area contributed by atoms with Gasteiger partial charge in [-0.15, -0.1) is 0 Å². The van der Waals surface area contributed by atoms with Crippen molar-refractivity contribution in [2.24, 2.45) is 17.8 Å². The molecule has 1 heterocycles. The van der Waals surface area contributed by atoms with Crippen LogP contribution in [-0.4, -0.2) is 18.0 Å². The minimum atomic E-state index is -0.358. The van der Waals surface area contributed by atoms with Gasteiger partial charge in [0.25, 0.3) is 5.69 Å². The molecule has 156 valence electrons. The molecule has 0 radical (unpaired) electrons. The van der Waals surface area contributed by atoms with E-state index < -0.39 is 0 Å². The zero-order valence-electron chi connectivity index (χ0n) is 17.5. The van der Waals surface area contributed by atoms with E-state index in [1.54, 1.807) is 18.2 Å². The number of nitro groups is 1. The number of hydrogen-bond acceptors (Lipinski definition) is 5. The Balaban J connectivity index is 1.65. The summed E-state index contributed by atoms with van der Waals surface area (Å²) < 4.78 is 4.81. The molecule has 6 heteroatoms. The Morgan fingerprint density at radius 2 is 1.87 bits per heavy atom. The van der Waals surface area contributed by atoms with Gasteiger partial charge in [0.2, 0.25) is 0 Å². The zero-order valence-corrected chi connectivity index (χ0v) is 17.5. The van der Waals surface area contributed by atoms with Crippen molar-refractivity contribution >= 4 is 17.3 Å². The number of esters is 1. The van der Waals surface area contributed by atoms with Gasteiger partial charge in [0, 0.05) is 6.07 Å². The molecule has 2 saturated carbocycles. The smallest absolute Gasteiger partial charge is 0.337 e. The minimum Gasteiger partial charge on any atom is -0.465 e. The predicted octanol–water partition coefficient (Wildman–Crippen LogP) is 5.29. The minimum absolute atomic E-state index is 0.00491. The lowest BCUT2D eigenvalue weighted by atomic mass is 9.66. The maximum absolute atomic E-state index is 11.9. The van der Waals surface area contributed by atoms with E-state index in [1.165, 1.54) is 37.5 Å². The Morgan fingerprint density at radius 3 is 2.53 bits per heavy atom. The third kappa shape index (κ3) is 2.66. The molecule has 3 aliphatic rings. The Labute approximate surface area is 175 Å². The van der Waals surface area contributed by atoms with Gasteiger partial charge < -0.3 is 10.1 Å². The van der Waals surface area contributed by atoms with Crippen LogP contribution in [0.15, 0.2) is 30.3 Å². The molecule has 5 rings (SSSR count). The van der Waals surface area contributed by atoms with Crippen LogP contribution >= 0.6 is 0 Å². The lowest BCUT2D eigenvalue weighted by molar-refractivity contribution is -0.384. The predicted molar refractivity (Wildman–Crippen MR) is 114 cm³/mol. The third-order valence-corrected chi connectivity index (χ3v) is 7.76. The van der Waals surface area contributed by atoms with Crippen molar-refractivity contribution in [3.8, 4) is 0 Å². The second kappa shape index (κ2) is 6.83. The maximum Gasteiger partial charge on any atom is 0.337 e. The molecular weight excluding hydrogens is 380 g/mol. The standard InChI is InChI=1S/C24H26N2O4/c1-12-10-18(26(28)29)23-19(13(12)2)20-16-8-9-17(11-16)21(20)22(25-23)14-4-6-15(7-5-14)24(27)30-3/h4-7,10,16-17,20-22,25H,8-9,11H2,1-3H3/t16-,17-,20+,21-,22-/m0/s1. The normalized spacial score (nSPS) is 28.4. The van der Waals surface area contributed by atoms with Crippen LogP contribution in [0, 0.1) is 41.7 Å². The molecule has 0 unspecified atom stereocenters. The van der Waals surface area contributed by atoms with E-state index in [4.69, 9.17) is 4.74 Å². The second-order valence-electron chi connectivity index (χ2n) is 9.06. The number of rotatable bonds is 3. The number of nitrogens with zero attached hydrogens (tertiary/aromatic N) is 1. The average molecular weight is 406 g/mol. The number of ether oxygens (including phenoxy) is 1. The van der Waals surface area contributed by atoms with E-state index in [9.17, 15) is 14.9 Å². The lowest BCUT2D eigenvalue weighted by Crippen LogP contribution is -2.36. The van der Waals surface area contributed by atoms with Crippen LogP contribution in [0.1, 0.15) is 63.8 Å². The molecule has 2 aromatic carbocycles. The lowest BCUT2D eigenvalue weighted by Gasteiger charge is -2.44. The molecule has 2 fully saturated rings. The first kappa shape index (κ1) is 19.1. The van der Waals surface area contributed by atoms with E-state index in [-0.39, 0.29) is 22.6 Å². The summed E-state index contributed by atoms with van der Waals surface area (Å²) in [7, 11) is 1.37. The fourth-order valence-corrected chi connectivity index (χ4v) is 6.38. The first-order valence-corrected chi connectivity index (χ1v) is 10.6. The molecule has 30 heavy (non-hydrogen) atoms. The van der Waals surface area contributed by atoms with Gasteiger partial charge in [-0.25, -0.2) is 4.79 Å². The summed E-state index contributed by atoms with van der Waals surface area (Å²) in [6.45, 7) is 4.08. The summed E-state index contributed by atoms with van der Waals surface area (Å²) in [5.41, 5.74) is 5.79. The fraction of sp³-hybridized carbons (Fsp3) is 0.458. The van der Waals surface area contributed by atoms with Crippen LogP contribution in [0.25, 0.3) is 0 Å². The van der Waals surface area contributed by atoms with E-state index in [0.29, 0.717) is 34.9 Å². The highest BCUT2D eigenvalue weighted by Gasteiger charge is 2.55. The summed E-state index contributed by atoms with van der Waals surface area (Å²) >= 11 is 0. The molecule has 0 aromatic heterocycles. The van der Waals surface area contributed by atoms with Crippen LogP contribution in [0.4, 0.5) is 11.4 Å². The highest BCUT2D eigenvalue weighted by atomic mass is 16.6. The Morgan fingerprint density at radius 1 is 1.17 bits per heavy atom. The van der Waals surface area contributed by atoms with Crippen LogP contribution in [0.3, 0.4) is 0 Å². The molecule has 1 aliphatic heterocycles. The summed E-state index contributed by atoms with van der Waals surface area (Å²) in [5.74, 6) is 1.63. The molecule has 1 N–H and O–H groups in total. The first-order chi connectivity index (χ1) is 14.4. The summed E-state index contributed by atoms with van der Waals surface area (Å²) in [5, 5.41) is 15.5. The monoisotopic (exact) mass is 406 g/mol. The van der Waals surface area contributed by atoms with Gasteiger partial charge in [-0.2, -0.15) is 0 Å². The quantitative estimate of drug-likeness (QED) is 0.425. The molecule has 5 atom stereocenters. The molecule has 2 bridgehead atoms. The van der Waals surface area contributed by atoms with Crippen molar-refractivity contribution in [3.05, 3.63) is 68.3 Å². The van der Waals surface area contributed by atoms with Crippen molar-refractivity contribution in [1.29, 1.82) is 0 Å². The van der Waals surface area contributed by atoms with Crippen molar-refractivity contribution < 1.29 is 14.5 Å². The second-order valence-corrected chi connectivity index (χ2v) is 9.06. The van der Waals surface area contributed by atoms with E-state index in [1.807, 2.05) is 19.1 Å². The molecule has 0 spiro atoms. The largest absolute Gasteiger partial charge is 0.465 e. The number of methoxy groups -OCH3 is 1. The van der Waals surface area contributed by atoms with Crippen molar-refractivity contribution in [3.63, 3.8) is 0 Å². The number of nitrogens with one attached hydrogen (secondary N) is 1. The summed E-state index contributed by atoms with van der Waals surface area (Å²) in [6, 6.07) is 9.21. The number of anilines is 1. The third-order valence-electron chi connectivity index (χ3n) is 7.76. The molecule has 6 nitrogen and oxygen atoms in total. The topological polar surface area (TPSA) is 81.5 Å². The van der Waals surface area contributed by atoms with Gasteiger partial charge in [-0.05, 0) is 91.2 Å².